The first-order valence-corrected chi connectivity index (χ1v) is 8.52. The first-order valence-electron chi connectivity index (χ1n) is 8.52. The average Bonchev–Trinajstić information content (AvgIpc) is 2.63. The van der Waals surface area contributed by atoms with Gasteiger partial charge in [0.15, 0.2) is 0 Å². The highest BCUT2D eigenvalue weighted by molar-refractivity contribution is 5.89. The van der Waals surface area contributed by atoms with Gasteiger partial charge in [0.1, 0.15) is 5.49 Å². The molecule has 3 nitrogen and oxygen atoms in total. The smallest absolute Gasteiger partial charge is 0.244 e. The number of nitrogens with zero attached hydrogens (tertiary/aromatic N) is 2. The van der Waals surface area contributed by atoms with Crippen LogP contribution in [-0.2, 0) is 0 Å². The molecule has 0 fully saturated rings. The lowest BCUT2D eigenvalue weighted by molar-refractivity contribution is 0.0887. The van der Waals surface area contributed by atoms with Gasteiger partial charge in [-0.2, -0.15) is 0 Å². The number of benzene rings is 2. The van der Waals surface area contributed by atoms with Crippen LogP contribution in [0.15, 0.2) is 90.1 Å². The SMILES string of the molecule is CC(C)N=c1ccccn1C(=O)C(c1ccccc1)c1ccccc1. The largest absolute Gasteiger partial charge is 0.273 e. The zero-order valence-electron chi connectivity index (χ0n) is 14.5. The number of rotatable bonds is 4. The lowest BCUT2D eigenvalue weighted by Crippen LogP contribution is -2.32. The predicted molar refractivity (Wildman–Crippen MR) is 100 cm³/mol. The number of hydrogen-bond donors (Lipinski definition) is 0. The molecule has 3 aromatic rings. The van der Waals surface area contributed by atoms with E-state index in [9.17, 15) is 4.79 Å². The van der Waals surface area contributed by atoms with Crippen molar-refractivity contribution < 1.29 is 4.79 Å². The van der Waals surface area contributed by atoms with Crippen LogP contribution in [0.3, 0.4) is 0 Å². The molecule has 0 aliphatic carbocycles. The third-order valence-electron chi connectivity index (χ3n) is 3.98. The summed E-state index contributed by atoms with van der Waals surface area (Å²) in [5.41, 5.74) is 2.63. The van der Waals surface area contributed by atoms with E-state index in [0.717, 1.165) is 11.1 Å². The Labute approximate surface area is 148 Å². The Balaban J connectivity index is 2.14. The Bertz CT molecular complexity index is 856. The van der Waals surface area contributed by atoms with Crippen LogP contribution in [0.5, 0.6) is 0 Å². The number of pyridine rings is 1. The molecule has 2 aromatic carbocycles. The molecule has 1 heterocycles. The predicted octanol–water partition coefficient (Wildman–Crippen LogP) is 4.27. The Kier molecular flexibility index (Phi) is 5.24. The van der Waals surface area contributed by atoms with E-state index in [4.69, 9.17) is 0 Å². The molecule has 0 N–H and O–H groups in total. The minimum atomic E-state index is -0.365. The van der Waals surface area contributed by atoms with Crippen LogP contribution in [0.2, 0.25) is 0 Å². The van der Waals surface area contributed by atoms with Crippen LogP contribution >= 0.6 is 0 Å². The van der Waals surface area contributed by atoms with Gasteiger partial charge in [-0.05, 0) is 37.1 Å². The molecule has 3 rings (SSSR count). The van der Waals surface area contributed by atoms with Crippen LogP contribution in [0.25, 0.3) is 0 Å². The highest BCUT2D eigenvalue weighted by Gasteiger charge is 2.24. The van der Waals surface area contributed by atoms with Crippen LogP contribution in [-0.4, -0.2) is 16.5 Å². The van der Waals surface area contributed by atoms with Gasteiger partial charge in [0.25, 0.3) is 0 Å². The van der Waals surface area contributed by atoms with E-state index in [1.165, 1.54) is 0 Å². The molecule has 0 bridgehead atoms. The lowest BCUT2D eigenvalue weighted by Gasteiger charge is -2.18. The van der Waals surface area contributed by atoms with Crippen LogP contribution < -0.4 is 5.49 Å². The third kappa shape index (κ3) is 3.94. The van der Waals surface area contributed by atoms with E-state index < -0.39 is 0 Å². The van der Waals surface area contributed by atoms with E-state index in [1.54, 1.807) is 10.8 Å². The molecule has 0 spiro atoms. The van der Waals surface area contributed by atoms with E-state index in [2.05, 4.69) is 4.99 Å². The summed E-state index contributed by atoms with van der Waals surface area (Å²) in [6.07, 6.45) is 1.79. The highest BCUT2D eigenvalue weighted by Crippen LogP contribution is 2.25. The molecule has 0 saturated heterocycles. The summed E-state index contributed by atoms with van der Waals surface area (Å²) in [4.78, 5) is 18.0. The van der Waals surface area contributed by atoms with Crippen LogP contribution in [0.1, 0.15) is 35.7 Å². The van der Waals surface area contributed by atoms with Crippen molar-refractivity contribution in [2.75, 3.05) is 0 Å². The molecule has 0 radical (unpaired) electrons. The summed E-state index contributed by atoms with van der Waals surface area (Å²) in [7, 11) is 0. The van der Waals surface area contributed by atoms with E-state index >= 15 is 0 Å². The monoisotopic (exact) mass is 330 g/mol. The molecule has 126 valence electrons. The molecule has 0 amide bonds. The fourth-order valence-electron chi connectivity index (χ4n) is 2.90. The Morgan fingerprint density at radius 3 is 1.84 bits per heavy atom. The van der Waals surface area contributed by atoms with Crippen molar-refractivity contribution in [3.63, 3.8) is 0 Å². The van der Waals surface area contributed by atoms with Gasteiger partial charge in [0.05, 0.1) is 5.92 Å². The van der Waals surface area contributed by atoms with Crippen molar-refractivity contribution in [3.8, 4) is 0 Å². The van der Waals surface area contributed by atoms with Gasteiger partial charge in [0, 0.05) is 12.2 Å². The molecule has 0 aliphatic heterocycles. The van der Waals surface area contributed by atoms with Gasteiger partial charge in [0.2, 0.25) is 5.91 Å². The molecular formula is C22H22N2O. The van der Waals surface area contributed by atoms with Crippen molar-refractivity contribution in [2.24, 2.45) is 4.99 Å². The Morgan fingerprint density at radius 1 is 0.800 bits per heavy atom. The van der Waals surface area contributed by atoms with Crippen LogP contribution in [0.4, 0.5) is 0 Å². The maximum Gasteiger partial charge on any atom is 0.244 e. The third-order valence-corrected chi connectivity index (χ3v) is 3.98. The number of carbonyl (C=O) groups is 1. The normalized spacial score (nSPS) is 11.9. The summed E-state index contributed by atoms with van der Waals surface area (Å²) in [5, 5.41) is 0. The fraction of sp³-hybridized carbons (Fsp3) is 0.182. The first-order chi connectivity index (χ1) is 12.2. The summed E-state index contributed by atoms with van der Waals surface area (Å²) in [5.74, 6) is -0.367. The molecule has 1 aromatic heterocycles. The quantitative estimate of drug-likeness (QED) is 0.703. The fourth-order valence-corrected chi connectivity index (χ4v) is 2.90. The van der Waals surface area contributed by atoms with Gasteiger partial charge in [-0.1, -0.05) is 66.7 Å². The van der Waals surface area contributed by atoms with Crippen molar-refractivity contribution in [3.05, 3.63) is 102 Å². The van der Waals surface area contributed by atoms with E-state index in [1.807, 2.05) is 92.7 Å². The zero-order valence-corrected chi connectivity index (χ0v) is 14.5. The summed E-state index contributed by atoms with van der Waals surface area (Å²) >= 11 is 0. The highest BCUT2D eigenvalue weighted by atomic mass is 16.2. The first kappa shape index (κ1) is 16.9. The number of hydrogen-bond acceptors (Lipinski definition) is 2. The second kappa shape index (κ2) is 7.75. The second-order valence-corrected chi connectivity index (χ2v) is 6.24. The average molecular weight is 330 g/mol. The molecule has 0 unspecified atom stereocenters. The Morgan fingerprint density at radius 2 is 1.32 bits per heavy atom. The van der Waals surface area contributed by atoms with Crippen molar-refractivity contribution in [1.29, 1.82) is 0 Å². The number of carbonyl (C=O) groups excluding carboxylic acids is 1. The molecule has 0 atom stereocenters. The maximum atomic E-state index is 13.5. The molecular weight excluding hydrogens is 308 g/mol. The van der Waals surface area contributed by atoms with Gasteiger partial charge in [-0.25, -0.2) is 0 Å². The summed E-state index contributed by atoms with van der Waals surface area (Å²) in [6, 6.07) is 25.6. The summed E-state index contributed by atoms with van der Waals surface area (Å²) in [6.45, 7) is 4.02. The van der Waals surface area contributed by atoms with Gasteiger partial charge in [-0.15, -0.1) is 0 Å². The van der Waals surface area contributed by atoms with E-state index in [0.29, 0.717) is 5.49 Å². The summed E-state index contributed by atoms with van der Waals surface area (Å²) < 4.78 is 1.66. The Hall–Kier alpha value is -2.94. The molecule has 3 heteroatoms. The van der Waals surface area contributed by atoms with Gasteiger partial charge < -0.3 is 0 Å². The number of aromatic nitrogens is 1. The van der Waals surface area contributed by atoms with Crippen molar-refractivity contribution in [1.82, 2.24) is 4.57 Å². The minimum absolute atomic E-state index is 0.00241. The van der Waals surface area contributed by atoms with Crippen LogP contribution in [0, 0.1) is 0 Å². The molecule has 0 aliphatic rings. The minimum Gasteiger partial charge on any atom is -0.273 e. The van der Waals surface area contributed by atoms with E-state index in [-0.39, 0.29) is 17.9 Å². The van der Waals surface area contributed by atoms with Crippen molar-refractivity contribution in [2.45, 2.75) is 25.8 Å². The van der Waals surface area contributed by atoms with Gasteiger partial charge in [-0.3, -0.25) is 14.4 Å². The molecule has 0 saturated carbocycles. The van der Waals surface area contributed by atoms with Crippen molar-refractivity contribution >= 4 is 5.91 Å². The molecule has 25 heavy (non-hydrogen) atoms. The second-order valence-electron chi connectivity index (χ2n) is 6.24. The standard InChI is InChI=1S/C22H22N2O/c1-17(2)23-20-15-9-10-16-24(20)22(25)21(18-11-5-3-6-12-18)19-13-7-4-8-14-19/h3-17,21H,1-2H3. The topological polar surface area (TPSA) is 34.4 Å². The maximum absolute atomic E-state index is 13.5. The lowest BCUT2D eigenvalue weighted by atomic mass is 9.90. The zero-order chi connectivity index (χ0) is 17.6. The van der Waals surface area contributed by atoms with Gasteiger partial charge >= 0.3 is 0 Å².